The fraction of sp³-hybridized carbons (Fsp3) is 0.458. The van der Waals surface area contributed by atoms with Crippen molar-refractivity contribution in [3.8, 4) is 11.5 Å². The molecule has 1 aliphatic heterocycles. The summed E-state index contributed by atoms with van der Waals surface area (Å²) in [5, 5.41) is 16.6. The number of hydrogen-bond donors (Lipinski definition) is 3. The molecule has 1 aliphatic rings. The Balaban J connectivity index is 0.00000363. The number of nitrogens with one attached hydrogen (secondary N) is 2. The summed E-state index contributed by atoms with van der Waals surface area (Å²) in [5.41, 5.74) is 3.57. The van der Waals surface area contributed by atoms with Crippen molar-refractivity contribution in [3.05, 3.63) is 59.2 Å². The number of phenolic OH excluding ortho intramolecular Hbond substituents is 1. The fourth-order valence-electron chi connectivity index (χ4n) is 3.50. The highest BCUT2D eigenvalue weighted by Crippen LogP contribution is 2.27. The molecule has 1 saturated heterocycles. The molecule has 1 heterocycles. The maximum Gasteiger partial charge on any atom is 0.191 e. The first-order chi connectivity index (χ1) is 15.2. The molecule has 0 aliphatic carbocycles. The Morgan fingerprint density at radius 2 is 1.84 bits per heavy atom. The van der Waals surface area contributed by atoms with Gasteiger partial charge in [-0.1, -0.05) is 30.3 Å². The van der Waals surface area contributed by atoms with Crippen LogP contribution in [0.3, 0.4) is 0 Å². The molecule has 2 aromatic rings. The van der Waals surface area contributed by atoms with Crippen LogP contribution in [0.15, 0.2) is 47.5 Å². The number of halogens is 1. The lowest BCUT2D eigenvalue weighted by molar-refractivity contribution is 0.0341. The van der Waals surface area contributed by atoms with Gasteiger partial charge in [0.2, 0.25) is 0 Å². The molecule has 0 atom stereocenters. The van der Waals surface area contributed by atoms with Crippen molar-refractivity contribution >= 4 is 29.9 Å². The van der Waals surface area contributed by atoms with Crippen molar-refractivity contribution in [3.63, 3.8) is 0 Å². The highest BCUT2D eigenvalue weighted by Gasteiger charge is 2.13. The first kappa shape index (κ1) is 26.2. The van der Waals surface area contributed by atoms with E-state index in [-0.39, 0.29) is 29.7 Å². The van der Waals surface area contributed by atoms with Gasteiger partial charge in [-0.25, -0.2) is 4.99 Å². The number of morpholine rings is 1. The second kappa shape index (κ2) is 14.2. The Morgan fingerprint density at radius 3 is 2.56 bits per heavy atom. The van der Waals surface area contributed by atoms with Crippen LogP contribution >= 0.6 is 24.0 Å². The maximum absolute atomic E-state index is 9.89. The predicted octanol–water partition coefficient (Wildman–Crippen LogP) is 3.50. The number of nitrogens with zero attached hydrogens (tertiary/aromatic N) is 2. The van der Waals surface area contributed by atoms with Gasteiger partial charge in [0.15, 0.2) is 17.5 Å². The standard InChI is InChI=1S/C24H34N4O3.HI/c1-3-25-24(26-16-19-9-10-22(29)23(15-19)31-4-2)27-17-20-7-5-6-8-21(20)18-28-11-13-30-14-12-28;/h5-10,15,29H,3-4,11-14,16-18H2,1-2H3,(H2,25,26,27);1H. The van der Waals surface area contributed by atoms with Crippen molar-refractivity contribution in [2.45, 2.75) is 33.5 Å². The minimum atomic E-state index is 0. The van der Waals surface area contributed by atoms with Gasteiger partial charge in [0.25, 0.3) is 0 Å². The molecule has 7 nitrogen and oxygen atoms in total. The van der Waals surface area contributed by atoms with Gasteiger partial charge in [0, 0.05) is 32.7 Å². The molecular weight excluding hydrogens is 519 g/mol. The Morgan fingerprint density at radius 1 is 1.09 bits per heavy atom. The Hall–Kier alpha value is -2.04. The topological polar surface area (TPSA) is 78.4 Å². The van der Waals surface area contributed by atoms with Crippen LogP contribution in [0.4, 0.5) is 0 Å². The minimum absolute atomic E-state index is 0. The monoisotopic (exact) mass is 554 g/mol. The average molecular weight is 554 g/mol. The Bertz CT molecular complexity index is 857. The third-order valence-corrected chi connectivity index (χ3v) is 5.15. The number of benzene rings is 2. The molecule has 3 rings (SSSR count). The van der Waals surface area contributed by atoms with E-state index in [1.807, 2.05) is 19.1 Å². The number of aliphatic imine (C=N–C) groups is 1. The second-order valence-electron chi connectivity index (χ2n) is 7.44. The lowest BCUT2D eigenvalue weighted by Gasteiger charge is -2.27. The minimum Gasteiger partial charge on any atom is -0.504 e. The molecule has 32 heavy (non-hydrogen) atoms. The molecule has 1 fully saturated rings. The zero-order chi connectivity index (χ0) is 21.9. The summed E-state index contributed by atoms with van der Waals surface area (Å²) >= 11 is 0. The SMILES string of the molecule is CCNC(=NCc1ccc(O)c(OCC)c1)NCc1ccccc1CN1CCOCC1.I. The Kier molecular flexibility index (Phi) is 11.6. The van der Waals surface area contributed by atoms with Gasteiger partial charge in [-0.05, 0) is 42.7 Å². The highest BCUT2D eigenvalue weighted by molar-refractivity contribution is 14.0. The first-order valence-corrected chi connectivity index (χ1v) is 11.0. The molecule has 0 spiro atoms. The molecule has 0 unspecified atom stereocenters. The van der Waals surface area contributed by atoms with Gasteiger partial charge in [-0.15, -0.1) is 24.0 Å². The van der Waals surface area contributed by atoms with Crippen LogP contribution in [0.5, 0.6) is 11.5 Å². The van der Waals surface area contributed by atoms with Crippen molar-refractivity contribution < 1.29 is 14.6 Å². The van der Waals surface area contributed by atoms with Crippen LogP contribution in [-0.2, 0) is 24.4 Å². The van der Waals surface area contributed by atoms with Gasteiger partial charge in [0.05, 0.1) is 26.4 Å². The van der Waals surface area contributed by atoms with E-state index in [2.05, 4.69) is 46.7 Å². The van der Waals surface area contributed by atoms with Gasteiger partial charge >= 0.3 is 0 Å². The van der Waals surface area contributed by atoms with Crippen LogP contribution < -0.4 is 15.4 Å². The van der Waals surface area contributed by atoms with Crippen LogP contribution in [-0.4, -0.2) is 55.4 Å². The number of guanidine groups is 1. The number of rotatable bonds is 9. The average Bonchev–Trinajstić information content (AvgIpc) is 2.79. The summed E-state index contributed by atoms with van der Waals surface area (Å²) in [4.78, 5) is 7.14. The third-order valence-electron chi connectivity index (χ3n) is 5.15. The van der Waals surface area contributed by atoms with Gasteiger partial charge in [0.1, 0.15) is 0 Å². The zero-order valence-corrected chi connectivity index (χ0v) is 21.3. The maximum atomic E-state index is 9.89. The van der Waals surface area contributed by atoms with E-state index >= 15 is 0 Å². The molecule has 2 aromatic carbocycles. The number of aromatic hydroxyl groups is 1. The van der Waals surface area contributed by atoms with E-state index in [9.17, 15) is 5.11 Å². The molecule has 0 radical (unpaired) electrons. The van der Waals surface area contributed by atoms with Gasteiger partial charge < -0.3 is 25.2 Å². The van der Waals surface area contributed by atoms with Crippen LogP contribution in [0.25, 0.3) is 0 Å². The second-order valence-corrected chi connectivity index (χ2v) is 7.44. The number of phenols is 1. The first-order valence-electron chi connectivity index (χ1n) is 11.0. The molecule has 0 aromatic heterocycles. The summed E-state index contributed by atoms with van der Waals surface area (Å²) in [5.74, 6) is 1.40. The predicted molar refractivity (Wildman–Crippen MR) is 139 cm³/mol. The highest BCUT2D eigenvalue weighted by atomic mass is 127. The normalized spacial score (nSPS) is 14.5. The summed E-state index contributed by atoms with van der Waals surface area (Å²) in [6.07, 6.45) is 0. The Labute approximate surface area is 208 Å². The summed E-state index contributed by atoms with van der Waals surface area (Å²) < 4.78 is 10.9. The summed E-state index contributed by atoms with van der Waals surface area (Å²) in [7, 11) is 0. The number of hydrogen-bond acceptors (Lipinski definition) is 5. The largest absolute Gasteiger partial charge is 0.504 e. The molecule has 8 heteroatoms. The lowest BCUT2D eigenvalue weighted by atomic mass is 10.1. The third kappa shape index (κ3) is 8.14. The lowest BCUT2D eigenvalue weighted by Crippen LogP contribution is -2.38. The van der Waals surface area contributed by atoms with E-state index in [1.54, 1.807) is 6.07 Å². The number of ether oxygens (including phenoxy) is 2. The molecule has 0 bridgehead atoms. The summed E-state index contributed by atoms with van der Waals surface area (Å²) in [6, 6.07) is 13.9. The molecule has 0 saturated carbocycles. The van der Waals surface area contributed by atoms with E-state index in [0.29, 0.717) is 25.4 Å². The van der Waals surface area contributed by atoms with Gasteiger partial charge in [-0.3, -0.25) is 4.90 Å². The van der Waals surface area contributed by atoms with Crippen molar-refractivity contribution in [2.24, 2.45) is 4.99 Å². The van der Waals surface area contributed by atoms with Crippen molar-refractivity contribution in [1.82, 2.24) is 15.5 Å². The molecular formula is C24H35IN4O3. The van der Waals surface area contributed by atoms with E-state index in [0.717, 1.165) is 50.9 Å². The van der Waals surface area contributed by atoms with E-state index < -0.39 is 0 Å². The van der Waals surface area contributed by atoms with Crippen LogP contribution in [0.2, 0.25) is 0 Å². The van der Waals surface area contributed by atoms with E-state index in [4.69, 9.17) is 14.5 Å². The zero-order valence-electron chi connectivity index (χ0n) is 19.0. The summed E-state index contributed by atoms with van der Waals surface area (Å²) in [6.45, 7) is 10.9. The molecule has 176 valence electrons. The van der Waals surface area contributed by atoms with Crippen LogP contribution in [0.1, 0.15) is 30.5 Å². The molecule has 0 amide bonds. The smallest absolute Gasteiger partial charge is 0.191 e. The van der Waals surface area contributed by atoms with Crippen molar-refractivity contribution in [2.75, 3.05) is 39.5 Å². The van der Waals surface area contributed by atoms with Gasteiger partial charge in [-0.2, -0.15) is 0 Å². The quantitative estimate of drug-likeness (QED) is 0.250. The van der Waals surface area contributed by atoms with Crippen LogP contribution in [0, 0.1) is 0 Å². The van der Waals surface area contributed by atoms with E-state index in [1.165, 1.54) is 11.1 Å². The fourth-order valence-corrected chi connectivity index (χ4v) is 3.50. The van der Waals surface area contributed by atoms with Crippen molar-refractivity contribution in [1.29, 1.82) is 0 Å². The molecule has 3 N–H and O–H groups in total.